The molecule has 1 aromatic heterocycles. The number of hydrogen-bond acceptors (Lipinski definition) is 1. The molecule has 0 aliphatic carbocycles. The summed E-state index contributed by atoms with van der Waals surface area (Å²) < 4.78 is 1.94. The molecule has 0 unspecified atom stereocenters. The maximum Gasteiger partial charge on any atom is 0.0665 e. The lowest BCUT2D eigenvalue weighted by atomic mass is 10.3. The van der Waals surface area contributed by atoms with Gasteiger partial charge in [-0.05, 0) is 30.7 Å². The van der Waals surface area contributed by atoms with Crippen molar-refractivity contribution in [3.05, 3.63) is 54.4 Å². The molecule has 0 spiro atoms. The van der Waals surface area contributed by atoms with Crippen molar-refractivity contribution in [3.8, 4) is 5.69 Å². The van der Waals surface area contributed by atoms with Crippen molar-refractivity contribution in [2.24, 2.45) is 0 Å². The molecular weight excluding hydrogens is 264 g/mol. The van der Waals surface area contributed by atoms with Crippen LogP contribution in [-0.2, 0) is 0 Å². The van der Waals surface area contributed by atoms with E-state index in [0.717, 1.165) is 23.1 Å². The van der Waals surface area contributed by atoms with Gasteiger partial charge in [-0.25, -0.2) is 4.68 Å². The molecular formula is C13H13BrN2. The number of alkyl halides is 1. The van der Waals surface area contributed by atoms with Gasteiger partial charge in [0.25, 0.3) is 0 Å². The quantitative estimate of drug-likeness (QED) is 0.780. The van der Waals surface area contributed by atoms with Crippen LogP contribution in [0.25, 0.3) is 11.8 Å². The molecule has 0 aliphatic rings. The molecule has 2 nitrogen and oxygen atoms in total. The van der Waals surface area contributed by atoms with Gasteiger partial charge in [0, 0.05) is 5.33 Å². The smallest absolute Gasteiger partial charge is 0.0665 e. The Kier molecular flexibility index (Phi) is 3.94. The van der Waals surface area contributed by atoms with E-state index in [9.17, 15) is 0 Å². The largest absolute Gasteiger partial charge is 0.234 e. The van der Waals surface area contributed by atoms with Gasteiger partial charge in [0.1, 0.15) is 0 Å². The van der Waals surface area contributed by atoms with Gasteiger partial charge in [0.2, 0.25) is 0 Å². The van der Waals surface area contributed by atoms with E-state index in [1.165, 1.54) is 0 Å². The van der Waals surface area contributed by atoms with E-state index in [0.29, 0.717) is 0 Å². The molecule has 1 aromatic carbocycles. The fraction of sp³-hybridized carbons (Fsp3) is 0.154. The number of benzene rings is 1. The maximum absolute atomic E-state index is 4.32. The minimum atomic E-state index is 0.989. The highest BCUT2D eigenvalue weighted by Gasteiger charge is 2.00. The van der Waals surface area contributed by atoms with E-state index in [1.807, 2.05) is 35.1 Å². The molecule has 2 aromatic rings. The SMILES string of the molecule is BrCC/C=C/c1ccnn1-c1ccccc1. The molecule has 82 valence electrons. The van der Waals surface area contributed by atoms with E-state index >= 15 is 0 Å². The number of halogens is 1. The number of para-hydroxylation sites is 1. The second-order valence-corrected chi connectivity index (χ2v) is 4.18. The Labute approximate surface area is 104 Å². The molecule has 2 rings (SSSR count). The lowest BCUT2D eigenvalue weighted by Crippen LogP contribution is -1.97. The second kappa shape index (κ2) is 5.66. The Morgan fingerprint density at radius 1 is 1.19 bits per heavy atom. The number of allylic oxidation sites excluding steroid dienone is 1. The topological polar surface area (TPSA) is 17.8 Å². The van der Waals surface area contributed by atoms with Crippen LogP contribution >= 0.6 is 15.9 Å². The number of nitrogens with zero attached hydrogens (tertiary/aromatic N) is 2. The first kappa shape index (κ1) is 11.1. The fourth-order valence-corrected chi connectivity index (χ4v) is 1.76. The summed E-state index contributed by atoms with van der Waals surface area (Å²) in [5, 5.41) is 5.31. The highest BCUT2D eigenvalue weighted by atomic mass is 79.9. The van der Waals surface area contributed by atoms with Crippen molar-refractivity contribution >= 4 is 22.0 Å². The van der Waals surface area contributed by atoms with Crippen molar-refractivity contribution in [1.82, 2.24) is 9.78 Å². The summed E-state index contributed by atoms with van der Waals surface area (Å²) in [4.78, 5) is 0. The van der Waals surface area contributed by atoms with Crippen LogP contribution in [0, 0.1) is 0 Å². The van der Waals surface area contributed by atoms with Gasteiger partial charge < -0.3 is 0 Å². The molecule has 0 bridgehead atoms. The normalized spacial score (nSPS) is 11.1. The van der Waals surface area contributed by atoms with Crippen molar-refractivity contribution in [2.75, 3.05) is 5.33 Å². The highest BCUT2D eigenvalue weighted by Crippen LogP contribution is 2.11. The van der Waals surface area contributed by atoms with Crippen molar-refractivity contribution in [1.29, 1.82) is 0 Å². The van der Waals surface area contributed by atoms with Gasteiger partial charge in [-0.3, -0.25) is 0 Å². The Morgan fingerprint density at radius 3 is 2.75 bits per heavy atom. The van der Waals surface area contributed by atoms with Crippen LogP contribution in [0.3, 0.4) is 0 Å². The van der Waals surface area contributed by atoms with Crippen molar-refractivity contribution in [2.45, 2.75) is 6.42 Å². The Balaban J connectivity index is 2.26. The molecule has 0 saturated carbocycles. The third-order valence-corrected chi connectivity index (χ3v) is 2.69. The van der Waals surface area contributed by atoms with Gasteiger partial charge >= 0.3 is 0 Å². The third-order valence-electron chi connectivity index (χ3n) is 2.24. The predicted molar refractivity (Wildman–Crippen MR) is 71.0 cm³/mol. The van der Waals surface area contributed by atoms with E-state index in [-0.39, 0.29) is 0 Å². The standard InChI is InChI=1S/C13H13BrN2/c14-10-5-4-8-13-9-11-15-16(13)12-6-2-1-3-7-12/h1-4,6-9,11H,5,10H2/b8-4+. The zero-order valence-electron chi connectivity index (χ0n) is 8.88. The van der Waals surface area contributed by atoms with Gasteiger partial charge in [0.05, 0.1) is 17.6 Å². The van der Waals surface area contributed by atoms with Crippen LogP contribution < -0.4 is 0 Å². The molecule has 0 atom stereocenters. The third kappa shape index (κ3) is 2.61. The Hall–Kier alpha value is -1.35. The summed E-state index contributed by atoms with van der Waals surface area (Å²) in [6, 6.07) is 12.2. The zero-order valence-corrected chi connectivity index (χ0v) is 10.5. The average molecular weight is 277 g/mol. The van der Waals surface area contributed by atoms with Crippen LogP contribution in [0.15, 0.2) is 48.7 Å². The first-order chi connectivity index (χ1) is 7.92. The van der Waals surface area contributed by atoms with E-state index in [2.05, 4.69) is 45.3 Å². The minimum Gasteiger partial charge on any atom is -0.234 e. The van der Waals surface area contributed by atoms with Gasteiger partial charge in [-0.15, -0.1) is 0 Å². The van der Waals surface area contributed by atoms with Gasteiger partial charge in [-0.2, -0.15) is 5.10 Å². The summed E-state index contributed by atoms with van der Waals surface area (Å²) in [5.41, 5.74) is 2.19. The zero-order chi connectivity index (χ0) is 11.2. The van der Waals surface area contributed by atoms with Crippen LogP contribution in [0.1, 0.15) is 12.1 Å². The molecule has 0 saturated heterocycles. The summed E-state index contributed by atoms with van der Waals surface area (Å²) in [5.74, 6) is 0. The van der Waals surface area contributed by atoms with E-state index in [4.69, 9.17) is 0 Å². The monoisotopic (exact) mass is 276 g/mol. The van der Waals surface area contributed by atoms with Crippen LogP contribution in [0.4, 0.5) is 0 Å². The highest BCUT2D eigenvalue weighted by molar-refractivity contribution is 9.09. The Bertz CT molecular complexity index is 460. The summed E-state index contributed by atoms with van der Waals surface area (Å²) in [6.45, 7) is 0. The summed E-state index contributed by atoms with van der Waals surface area (Å²) in [7, 11) is 0. The Morgan fingerprint density at radius 2 is 2.00 bits per heavy atom. The van der Waals surface area contributed by atoms with Gasteiger partial charge in [-0.1, -0.05) is 40.2 Å². The molecule has 1 heterocycles. The minimum absolute atomic E-state index is 0.989. The van der Waals surface area contributed by atoms with Crippen LogP contribution in [-0.4, -0.2) is 15.1 Å². The summed E-state index contributed by atoms with van der Waals surface area (Å²) >= 11 is 3.40. The fourth-order valence-electron chi connectivity index (χ4n) is 1.49. The van der Waals surface area contributed by atoms with Gasteiger partial charge in [0.15, 0.2) is 0 Å². The molecule has 16 heavy (non-hydrogen) atoms. The average Bonchev–Trinajstić information content (AvgIpc) is 2.79. The number of hydrogen-bond donors (Lipinski definition) is 0. The number of rotatable bonds is 4. The number of aromatic nitrogens is 2. The molecule has 0 fully saturated rings. The van der Waals surface area contributed by atoms with E-state index < -0.39 is 0 Å². The van der Waals surface area contributed by atoms with Crippen molar-refractivity contribution < 1.29 is 0 Å². The molecule has 0 N–H and O–H groups in total. The second-order valence-electron chi connectivity index (χ2n) is 3.38. The molecule has 0 aliphatic heterocycles. The van der Waals surface area contributed by atoms with Crippen molar-refractivity contribution in [3.63, 3.8) is 0 Å². The first-order valence-corrected chi connectivity index (χ1v) is 6.36. The molecule has 0 amide bonds. The van der Waals surface area contributed by atoms with Crippen LogP contribution in [0.2, 0.25) is 0 Å². The van der Waals surface area contributed by atoms with E-state index in [1.54, 1.807) is 0 Å². The molecule has 0 radical (unpaired) electrons. The maximum atomic E-state index is 4.32. The predicted octanol–water partition coefficient (Wildman–Crippen LogP) is 3.67. The summed E-state index contributed by atoms with van der Waals surface area (Å²) in [6.07, 6.45) is 7.09. The first-order valence-electron chi connectivity index (χ1n) is 5.24. The lowest BCUT2D eigenvalue weighted by Gasteiger charge is -2.03. The lowest BCUT2D eigenvalue weighted by molar-refractivity contribution is 0.871. The van der Waals surface area contributed by atoms with Crippen LogP contribution in [0.5, 0.6) is 0 Å². The molecule has 3 heteroatoms.